The van der Waals surface area contributed by atoms with E-state index in [0.717, 1.165) is 23.2 Å². The Hall–Kier alpha value is -4.41. The van der Waals surface area contributed by atoms with E-state index in [1.807, 2.05) is 24.3 Å². The van der Waals surface area contributed by atoms with Gasteiger partial charge in [-0.3, -0.25) is 4.40 Å². The van der Waals surface area contributed by atoms with Gasteiger partial charge in [0.15, 0.2) is 0 Å². The molecule has 0 N–H and O–H groups in total. The molecule has 6 aromatic rings. The highest BCUT2D eigenvalue weighted by Crippen LogP contribution is 2.45. The van der Waals surface area contributed by atoms with Crippen LogP contribution in [0.4, 0.5) is 22.0 Å². The number of hydrogen-bond acceptors (Lipinski definition) is 5. The Bertz CT molecular complexity index is 1720. The molecule has 0 saturated heterocycles. The molecule has 0 amide bonds. The van der Waals surface area contributed by atoms with Crippen molar-refractivity contribution in [1.82, 2.24) is 24.6 Å². The summed E-state index contributed by atoms with van der Waals surface area (Å²) in [7, 11) is 0. The maximum Gasteiger partial charge on any atom is 0.459 e. The molecule has 0 bridgehead atoms. The number of hydrogen-bond donors (Lipinski definition) is 0. The van der Waals surface area contributed by atoms with E-state index in [-0.39, 0.29) is 28.4 Å². The van der Waals surface area contributed by atoms with Crippen molar-refractivity contribution >= 4 is 27.5 Å². The van der Waals surface area contributed by atoms with Gasteiger partial charge in [0.2, 0.25) is 6.39 Å². The maximum atomic E-state index is 14.5. The number of fused-ring (bicyclic) bond motifs is 4. The zero-order valence-electron chi connectivity index (χ0n) is 17.5. The van der Waals surface area contributed by atoms with Crippen LogP contribution in [0.25, 0.3) is 50.2 Å². The molecule has 0 saturated carbocycles. The second-order valence-corrected chi connectivity index (χ2v) is 7.86. The summed E-state index contributed by atoms with van der Waals surface area (Å²) in [6.07, 6.45) is -3.33. The van der Waals surface area contributed by atoms with Crippen molar-refractivity contribution in [2.24, 2.45) is 0 Å². The van der Waals surface area contributed by atoms with E-state index in [1.54, 1.807) is 30.3 Å². The SMILES string of the molecule is FC(F)(F)C(F)(F)c1cc(-c2ccc3ccccc3c2)c2ccc3nc(-c4nnco4)cn3c2n1. The van der Waals surface area contributed by atoms with E-state index in [1.165, 1.54) is 10.6 Å². The van der Waals surface area contributed by atoms with Gasteiger partial charge in [0.1, 0.15) is 22.7 Å². The second-order valence-electron chi connectivity index (χ2n) is 7.86. The number of benzene rings is 2. The van der Waals surface area contributed by atoms with Gasteiger partial charge < -0.3 is 4.42 Å². The van der Waals surface area contributed by atoms with Crippen LogP contribution in [0.2, 0.25) is 0 Å². The standard InChI is InChI=1S/C24H12F5N5O/c25-23(26,24(27,28)29)19-10-17(15-6-5-13-3-1-2-4-14(13)9-15)16-7-8-20-31-18(22-33-30-12-35-22)11-34(20)21(16)32-19/h1-12H. The van der Waals surface area contributed by atoms with Crippen molar-refractivity contribution in [2.75, 3.05) is 0 Å². The molecule has 174 valence electrons. The quantitative estimate of drug-likeness (QED) is 0.273. The fraction of sp³-hybridized carbons (Fsp3) is 0.0833. The Kier molecular flexibility index (Phi) is 4.41. The molecular formula is C24H12F5N5O. The van der Waals surface area contributed by atoms with Crippen LogP contribution < -0.4 is 0 Å². The Morgan fingerprint density at radius 1 is 0.829 bits per heavy atom. The first-order chi connectivity index (χ1) is 16.7. The minimum atomic E-state index is -5.83. The van der Waals surface area contributed by atoms with Crippen molar-refractivity contribution in [3.05, 3.63) is 78.9 Å². The van der Waals surface area contributed by atoms with Crippen LogP contribution in [0.3, 0.4) is 0 Å². The third kappa shape index (κ3) is 3.30. The van der Waals surface area contributed by atoms with E-state index in [2.05, 4.69) is 20.2 Å². The molecule has 0 aliphatic carbocycles. The molecule has 0 aliphatic rings. The minimum absolute atomic E-state index is 0.0633. The zero-order valence-corrected chi connectivity index (χ0v) is 17.5. The molecule has 0 radical (unpaired) electrons. The summed E-state index contributed by atoms with van der Waals surface area (Å²) >= 11 is 0. The molecule has 2 aromatic carbocycles. The number of rotatable bonds is 3. The third-order valence-corrected chi connectivity index (χ3v) is 5.72. The predicted octanol–water partition coefficient (Wildman–Crippen LogP) is 6.41. The number of nitrogens with zero attached hydrogens (tertiary/aromatic N) is 5. The molecule has 0 unspecified atom stereocenters. The van der Waals surface area contributed by atoms with Gasteiger partial charge in [-0.1, -0.05) is 36.4 Å². The lowest BCUT2D eigenvalue weighted by molar-refractivity contribution is -0.290. The molecule has 11 heteroatoms. The lowest BCUT2D eigenvalue weighted by Gasteiger charge is -2.21. The average molecular weight is 481 g/mol. The van der Waals surface area contributed by atoms with Gasteiger partial charge in [-0.25, -0.2) is 9.97 Å². The van der Waals surface area contributed by atoms with Crippen LogP contribution in [-0.2, 0) is 5.92 Å². The first-order valence-corrected chi connectivity index (χ1v) is 10.3. The van der Waals surface area contributed by atoms with Gasteiger partial charge in [0.05, 0.1) is 0 Å². The maximum absolute atomic E-state index is 14.5. The van der Waals surface area contributed by atoms with Crippen LogP contribution in [0.15, 0.2) is 77.7 Å². The lowest BCUT2D eigenvalue weighted by atomic mass is 9.97. The molecule has 0 fully saturated rings. The number of imidazole rings is 1. The van der Waals surface area contributed by atoms with Gasteiger partial charge in [-0.05, 0) is 46.2 Å². The predicted molar refractivity (Wildman–Crippen MR) is 117 cm³/mol. The fourth-order valence-corrected chi connectivity index (χ4v) is 4.02. The van der Waals surface area contributed by atoms with E-state index >= 15 is 0 Å². The molecule has 35 heavy (non-hydrogen) atoms. The Balaban J connectivity index is 1.68. The molecule has 4 aromatic heterocycles. The van der Waals surface area contributed by atoms with Gasteiger partial charge in [-0.2, -0.15) is 22.0 Å². The summed E-state index contributed by atoms with van der Waals surface area (Å²) in [6.45, 7) is 0. The highest BCUT2D eigenvalue weighted by molar-refractivity contribution is 5.97. The fourth-order valence-electron chi connectivity index (χ4n) is 4.02. The van der Waals surface area contributed by atoms with E-state index in [4.69, 9.17) is 4.42 Å². The van der Waals surface area contributed by atoms with Crippen molar-refractivity contribution in [3.63, 3.8) is 0 Å². The zero-order chi connectivity index (χ0) is 24.4. The van der Waals surface area contributed by atoms with Gasteiger partial charge in [-0.15, -0.1) is 10.2 Å². The number of halogens is 5. The molecular weight excluding hydrogens is 469 g/mol. The summed E-state index contributed by atoms with van der Waals surface area (Å²) in [6, 6.07) is 16.5. The summed E-state index contributed by atoms with van der Waals surface area (Å²) < 4.78 is 75.5. The van der Waals surface area contributed by atoms with Crippen LogP contribution in [-0.4, -0.2) is 30.7 Å². The van der Waals surface area contributed by atoms with Gasteiger partial charge >= 0.3 is 12.1 Å². The van der Waals surface area contributed by atoms with Crippen LogP contribution in [0.1, 0.15) is 5.69 Å². The van der Waals surface area contributed by atoms with Crippen molar-refractivity contribution < 1.29 is 26.4 Å². The molecule has 6 nitrogen and oxygen atoms in total. The Morgan fingerprint density at radius 2 is 1.63 bits per heavy atom. The number of aromatic nitrogens is 5. The second kappa shape index (κ2) is 7.29. The summed E-state index contributed by atoms with van der Waals surface area (Å²) in [5, 5.41) is 9.41. The Labute approximate surface area is 192 Å². The molecule has 0 aliphatic heterocycles. The summed E-state index contributed by atoms with van der Waals surface area (Å²) in [5.41, 5.74) is -0.416. The highest BCUT2D eigenvalue weighted by Gasteiger charge is 2.60. The normalized spacial score (nSPS) is 12.7. The van der Waals surface area contributed by atoms with Crippen LogP contribution >= 0.6 is 0 Å². The molecule has 0 spiro atoms. The van der Waals surface area contributed by atoms with E-state index in [0.29, 0.717) is 10.9 Å². The van der Waals surface area contributed by atoms with Crippen molar-refractivity contribution in [1.29, 1.82) is 0 Å². The highest BCUT2D eigenvalue weighted by atomic mass is 19.4. The largest absolute Gasteiger partial charge is 0.459 e. The Morgan fingerprint density at radius 3 is 2.37 bits per heavy atom. The topological polar surface area (TPSA) is 69.1 Å². The van der Waals surface area contributed by atoms with Gasteiger partial charge in [0, 0.05) is 11.6 Å². The van der Waals surface area contributed by atoms with Gasteiger partial charge in [0.25, 0.3) is 5.89 Å². The third-order valence-electron chi connectivity index (χ3n) is 5.72. The first-order valence-electron chi connectivity index (χ1n) is 10.3. The summed E-state index contributed by atoms with van der Waals surface area (Å²) in [4.78, 5) is 8.08. The molecule has 6 rings (SSSR count). The lowest BCUT2D eigenvalue weighted by Crippen LogP contribution is -2.34. The average Bonchev–Trinajstić information content (AvgIpc) is 3.52. The van der Waals surface area contributed by atoms with E-state index in [9.17, 15) is 22.0 Å². The van der Waals surface area contributed by atoms with Crippen molar-refractivity contribution in [3.8, 4) is 22.7 Å². The monoisotopic (exact) mass is 481 g/mol. The minimum Gasteiger partial charge on any atom is -0.422 e. The number of pyridine rings is 2. The van der Waals surface area contributed by atoms with Crippen molar-refractivity contribution in [2.45, 2.75) is 12.1 Å². The molecule has 4 heterocycles. The summed E-state index contributed by atoms with van der Waals surface area (Å²) in [5.74, 6) is -5.11. The first kappa shape index (κ1) is 21.1. The molecule has 0 atom stereocenters. The smallest absolute Gasteiger partial charge is 0.422 e. The van der Waals surface area contributed by atoms with E-state index < -0.39 is 17.8 Å². The van der Waals surface area contributed by atoms with Crippen LogP contribution in [0.5, 0.6) is 0 Å². The number of alkyl halides is 5. The van der Waals surface area contributed by atoms with Crippen LogP contribution in [0, 0.1) is 0 Å².